The molecule has 1 aromatic rings. The van der Waals surface area contributed by atoms with Gasteiger partial charge in [-0.25, -0.2) is 0 Å². The first-order chi connectivity index (χ1) is 12.8. The Kier molecular flexibility index (Phi) is 6.08. The summed E-state index contributed by atoms with van der Waals surface area (Å²) >= 11 is 0. The second-order valence-corrected chi connectivity index (χ2v) is 7.34. The molecule has 1 unspecified atom stereocenters. The van der Waals surface area contributed by atoms with Gasteiger partial charge in [-0.05, 0) is 50.0 Å². The highest BCUT2D eigenvalue weighted by Crippen LogP contribution is 2.29. The van der Waals surface area contributed by atoms with E-state index in [-0.39, 0.29) is 11.9 Å². The molecule has 0 bridgehead atoms. The van der Waals surface area contributed by atoms with Gasteiger partial charge >= 0.3 is 6.18 Å². The van der Waals surface area contributed by atoms with Gasteiger partial charge in [-0.1, -0.05) is 12.1 Å². The van der Waals surface area contributed by atoms with Crippen molar-refractivity contribution in [3.63, 3.8) is 0 Å². The van der Waals surface area contributed by atoms with E-state index in [2.05, 4.69) is 15.5 Å². The van der Waals surface area contributed by atoms with Crippen molar-refractivity contribution in [1.82, 2.24) is 15.5 Å². The zero-order valence-electron chi connectivity index (χ0n) is 15.4. The second kappa shape index (κ2) is 8.16. The average Bonchev–Trinajstić information content (AvgIpc) is 3.08. The van der Waals surface area contributed by atoms with Crippen LogP contribution in [-0.4, -0.2) is 55.7 Å². The summed E-state index contributed by atoms with van der Waals surface area (Å²) in [5, 5.41) is 6.33. The van der Waals surface area contributed by atoms with Gasteiger partial charge in [0.15, 0.2) is 0 Å². The molecule has 3 rings (SSSR count). The minimum Gasteiger partial charge on any atom is -0.368 e. The van der Waals surface area contributed by atoms with Gasteiger partial charge in [0.1, 0.15) is 5.60 Å². The molecule has 1 atom stereocenters. The van der Waals surface area contributed by atoms with E-state index in [0.717, 1.165) is 43.8 Å². The standard InChI is InChI=1S/C19H26F3N3O2/c1-27-18(7-9-23-10-8-18)17(26)24-16-6-11-25(13-16)12-14-2-4-15(5-3-14)19(20,21)22/h2-5,16,23H,6-13H2,1H3,(H,24,26). The predicted octanol–water partition coefficient (Wildman–Crippen LogP) is 2.16. The van der Waals surface area contributed by atoms with E-state index in [1.54, 1.807) is 7.11 Å². The minimum absolute atomic E-state index is 0.0360. The molecule has 2 saturated heterocycles. The van der Waals surface area contributed by atoms with Gasteiger partial charge in [-0.15, -0.1) is 0 Å². The molecule has 0 saturated carbocycles. The molecule has 8 heteroatoms. The van der Waals surface area contributed by atoms with Crippen LogP contribution in [-0.2, 0) is 22.3 Å². The lowest BCUT2D eigenvalue weighted by Crippen LogP contribution is -2.56. The van der Waals surface area contributed by atoms with E-state index < -0.39 is 17.3 Å². The summed E-state index contributed by atoms with van der Waals surface area (Å²) < 4.78 is 43.5. The van der Waals surface area contributed by atoms with Crippen LogP contribution in [0.4, 0.5) is 13.2 Å². The Morgan fingerprint density at radius 3 is 2.56 bits per heavy atom. The Hall–Kier alpha value is -1.64. The third kappa shape index (κ3) is 4.80. The molecule has 0 aliphatic carbocycles. The topological polar surface area (TPSA) is 53.6 Å². The van der Waals surface area contributed by atoms with Crippen molar-refractivity contribution < 1.29 is 22.7 Å². The van der Waals surface area contributed by atoms with Crippen molar-refractivity contribution in [2.45, 2.75) is 43.6 Å². The zero-order chi connectivity index (χ0) is 19.5. The number of amides is 1. The molecule has 5 nitrogen and oxygen atoms in total. The number of nitrogens with zero attached hydrogens (tertiary/aromatic N) is 1. The van der Waals surface area contributed by atoms with Crippen molar-refractivity contribution in [2.75, 3.05) is 33.3 Å². The highest BCUT2D eigenvalue weighted by atomic mass is 19.4. The monoisotopic (exact) mass is 385 g/mol. The summed E-state index contributed by atoms with van der Waals surface area (Å²) in [5.41, 5.74) is -0.558. The zero-order valence-corrected chi connectivity index (χ0v) is 15.4. The molecule has 2 N–H and O–H groups in total. The molecule has 27 heavy (non-hydrogen) atoms. The van der Waals surface area contributed by atoms with Crippen molar-refractivity contribution in [3.8, 4) is 0 Å². The summed E-state index contributed by atoms with van der Waals surface area (Å²) in [7, 11) is 1.58. The molecule has 2 aliphatic heterocycles. The lowest BCUT2D eigenvalue weighted by molar-refractivity contribution is -0.147. The van der Waals surface area contributed by atoms with Gasteiger partial charge in [0.2, 0.25) is 0 Å². The molecule has 0 spiro atoms. The quantitative estimate of drug-likeness (QED) is 0.816. The summed E-state index contributed by atoms with van der Waals surface area (Å²) in [6.07, 6.45) is -2.19. The summed E-state index contributed by atoms with van der Waals surface area (Å²) in [4.78, 5) is 14.9. The largest absolute Gasteiger partial charge is 0.416 e. The van der Waals surface area contributed by atoms with Crippen molar-refractivity contribution >= 4 is 5.91 Å². The number of hydrogen-bond donors (Lipinski definition) is 2. The van der Waals surface area contributed by atoms with Crippen molar-refractivity contribution in [1.29, 1.82) is 0 Å². The molecule has 2 heterocycles. The number of carbonyl (C=O) groups is 1. The van der Waals surface area contributed by atoms with Gasteiger partial charge in [-0.3, -0.25) is 9.69 Å². The highest BCUT2D eigenvalue weighted by Gasteiger charge is 2.41. The summed E-state index contributed by atoms with van der Waals surface area (Å²) in [6.45, 7) is 3.57. The maximum Gasteiger partial charge on any atom is 0.416 e. The third-order valence-electron chi connectivity index (χ3n) is 5.51. The first-order valence-electron chi connectivity index (χ1n) is 9.28. The maximum absolute atomic E-state index is 12.7. The lowest BCUT2D eigenvalue weighted by atomic mass is 9.90. The van der Waals surface area contributed by atoms with E-state index in [4.69, 9.17) is 4.74 Å². The Bertz CT molecular complexity index is 643. The first kappa shape index (κ1) is 20.1. The number of ether oxygens (including phenoxy) is 1. The molecule has 1 aromatic carbocycles. The molecule has 150 valence electrons. The molecule has 2 fully saturated rings. The van der Waals surface area contributed by atoms with Crippen LogP contribution in [0.1, 0.15) is 30.4 Å². The normalized spacial score (nSPS) is 23.3. The minimum atomic E-state index is -4.31. The van der Waals surface area contributed by atoms with Crippen molar-refractivity contribution in [2.24, 2.45) is 0 Å². The molecular formula is C19H26F3N3O2. The maximum atomic E-state index is 12.7. The van der Waals surface area contributed by atoms with Gasteiger partial charge in [0, 0.05) is 32.8 Å². The fourth-order valence-corrected chi connectivity index (χ4v) is 3.82. The van der Waals surface area contributed by atoms with E-state index in [9.17, 15) is 18.0 Å². The van der Waals surface area contributed by atoms with Crippen molar-refractivity contribution in [3.05, 3.63) is 35.4 Å². The van der Waals surface area contributed by atoms with E-state index in [1.807, 2.05) is 0 Å². The first-order valence-corrected chi connectivity index (χ1v) is 9.28. The van der Waals surface area contributed by atoms with E-state index in [1.165, 1.54) is 12.1 Å². The van der Waals surface area contributed by atoms with Crippen LogP contribution in [0.15, 0.2) is 24.3 Å². The van der Waals surface area contributed by atoms with Crippen LogP contribution in [0.25, 0.3) is 0 Å². The molecule has 1 amide bonds. The number of rotatable bonds is 5. The fourth-order valence-electron chi connectivity index (χ4n) is 3.82. The number of benzene rings is 1. The average molecular weight is 385 g/mol. The van der Waals surface area contributed by atoms with Gasteiger partial charge in [-0.2, -0.15) is 13.2 Å². The van der Waals surface area contributed by atoms with Crippen LogP contribution in [0.5, 0.6) is 0 Å². The predicted molar refractivity (Wildman–Crippen MR) is 95.1 cm³/mol. The Labute approximate surface area is 157 Å². The van der Waals surface area contributed by atoms with E-state index in [0.29, 0.717) is 25.9 Å². The SMILES string of the molecule is COC1(C(=O)NC2CCN(Cc3ccc(C(F)(F)F)cc3)C2)CCNCC1. The highest BCUT2D eigenvalue weighted by molar-refractivity contribution is 5.85. The Morgan fingerprint density at radius 2 is 1.96 bits per heavy atom. The number of carbonyl (C=O) groups excluding carboxylic acids is 1. The van der Waals surface area contributed by atoms with Crippen LogP contribution in [0.3, 0.4) is 0 Å². The number of piperidine rings is 1. The van der Waals surface area contributed by atoms with E-state index >= 15 is 0 Å². The van der Waals surface area contributed by atoms with Gasteiger partial charge in [0.25, 0.3) is 5.91 Å². The van der Waals surface area contributed by atoms with Gasteiger partial charge in [0.05, 0.1) is 5.56 Å². The number of hydrogen-bond acceptors (Lipinski definition) is 4. The molecular weight excluding hydrogens is 359 g/mol. The van der Waals surface area contributed by atoms with Crippen LogP contribution in [0, 0.1) is 0 Å². The number of methoxy groups -OCH3 is 1. The number of alkyl halides is 3. The van der Waals surface area contributed by atoms with Crippen LogP contribution < -0.4 is 10.6 Å². The fraction of sp³-hybridized carbons (Fsp3) is 0.632. The lowest BCUT2D eigenvalue weighted by Gasteiger charge is -2.35. The number of likely N-dealkylation sites (tertiary alicyclic amines) is 1. The second-order valence-electron chi connectivity index (χ2n) is 7.34. The van der Waals surface area contributed by atoms with Gasteiger partial charge < -0.3 is 15.4 Å². The summed E-state index contributed by atoms with van der Waals surface area (Å²) in [6, 6.07) is 5.30. The van der Waals surface area contributed by atoms with Crippen LogP contribution in [0.2, 0.25) is 0 Å². The Morgan fingerprint density at radius 1 is 1.30 bits per heavy atom. The number of halogens is 3. The number of nitrogens with one attached hydrogen (secondary N) is 2. The molecule has 0 aromatic heterocycles. The summed E-state index contributed by atoms with van der Waals surface area (Å²) in [5.74, 6) is -0.0621. The third-order valence-corrected chi connectivity index (χ3v) is 5.51. The molecule has 0 radical (unpaired) electrons. The Balaban J connectivity index is 1.52. The smallest absolute Gasteiger partial charge is 0.368 e. The molecule has 2 aliphatic rings. The van der Waals surface area contributed by atoms with Crippen LogP contribution >= 0.6 is 0 Å².